The summed E-state index contributed by atoms with van der Waals surface area (Å²) < 4.78 is 64.8. The molecule has 3 N–H and O–H groups in total. The van der Waals surface area contributed by atoms with Crippen molar-refractivity contribution < 1.29 is 31.9 Å². The van der Waals surface area contributed by atoms with E-state index in [1.165, 1.54) is 0 Å². The molecule has 2 rings (SSSR count). The highest BCUT2D eigenvalue weighted by molar-refractivity contribution is 6.04. The Hall–Kier alpha value is -1.67. The van der Waals surface area contributed by atoms with E-state index in [0.717, 1.165) is 0 Å². The fourth-order valence-electron chi connectivity index (χ4n) is 2.31. The Bertz CT molecular complexity index is 483. The number of halogens is 5. The van der Waals surface area contributed by atoms with Crippen molar-refractivity contribution in [1.82, 2.24) is 5.32 Å². The highest BCUT2D eigenvalue weighted by Gasteiger charge is 2.67. The molecular weight excluding hydrogens is 275 g/mol. The fourth-order valence-corrected chi connectivity index (χ4v) is 2.31. The van der Waals surface area contributed by atoms with Gasteiger partial charge < -0.3 is 10.4 Å². The molecule has 0 unspecified atom stereocenters. The molecule has 0 bridgehead atoms. The summed E-state index contributed by atoms with van der Waals surface area (Å²) in [7, 11) is 0. The highest BCUT2D eigenvalue weighted by Crippen LogP contribution is 2.62. The van der Waals surface area contributed by atoms with Crippen LogP contribution in [0.2, 0.25) is 0 Å². The van der Waals surface area contributed by atoms with Gasteiger partial charge in [-0.05, 0) is 12.3 Å². The summed E-state index contributed by atoms with van der Waals surface area (Å²) in [4.78, 5) is 10.3. The predicted octanol–water partition coefficient (Wildman–Crippen LogP) is 1.78. The zero-order valence-electron chi connectivity index (χ0n) is 9.31. The van der Waals surface area contributed by atoms with Crippen molar-refractivity contribution in [2.75, 3.05) is 6.54 Å². The number of nitrogens with one attached hydrogen (secondary N) is 2. The number of hydrogen-bond donors (Lipinski definition) is 3. The van der Waals surface area contributed by atoms with Gasteiger partial charge in [0.2, 0.25) is 0 Å². The number of fused-ring (bicyclic) bond motifs is 1. The van der Waals surface area contributed by atoms with Crippen molar-refractivity contribution in [2.24, 2.45) is 11.8 Å². The third kappa shape index (κ3) is 2.17. The van der Waals surface area contributed by atoms with E-state index in [0.29, 0.717) is 0 Å². The molecule has 0 spiro atoms. The molecule has 0 aromatic rings. The van der Waals surface area contributed by atoms with Gasteiger partial charge >= 0.3 is 12.1 Å². The van der Waals surface area contributed by atoms with Gasteiger partial charge in [0.05, 0.1) is 5.70 Å². The molecule has 2 aliphatic rings. The van der Waals surface area contributed by atoms with E-state index >= 15 is 0 Å². The van der Waals surface area contributed by atoms with Gasteiger partial charge in [-0.25, -0.2) is 0 Å². The lowest BCUT2D eigenvalue weighted by atomic mass is 10.0. The molecule has 0 aliphatic heterocycles. The molecule has 2 aliphatic carbocycles. The van der Waals surface area contributed by atoms with Crippen LogP contribution in [0.15, 0.2) is 11.3 Å². The number of allylic oxidation sites excluding steroid dienone is 2. The second-order valence-corrected chi connectivity index (χ2v) is 4.48. The molecule has 0 radical (unpaired) electrons. The van der Waals surface area contributed by atoms with Gasteiger partial charge in [0.15, 0.2) is 0 Å². The van der Waals surface area contributed by atoms with Crippen LogP contribution in [0, 0.1) is 17.2 Å². The SMILES string of the molecule is N=C(C1=C(NCC(=O)O)C(F)(F)[C@@H]2C[C@H]12)C(F)(F)F. The first-order valence-corrected chi connectivity index (χ1v) is 5.31. The lowest BCUT2D eigenvalue weighted by Crippen LogP contribution is -2.36. The molecule has 19 heavy (non-hydrogen) atoms. The third-order valence-electron chi connectivity index (χ3n) is 3.20. The molecule has 0 saturated heterocycles. The maximum Gasteiger partial charge on any atom is 0.433 e. The Labute approximate surface area is 103 Å². The van der Waals surface area contributed by atoms with Crippen molar-refractivity contribution in [1.29, 1.82) is 5.41 Å². The quantitative estimate of drug-likeness (QED) is 0.544. The monoisotopic (exact) mass is 284 g/mol. The average Bonchev–Trinajstić information content (AvgIpc) is 2.97. The zero-order chi connectivity index (χ0) is 14.6. The van der Waals surface area contributed by atoms with Crippen LogP contribution in [0.3, 0.4) is 0 Å². The number of alkyl halides is 5. The van der Waals surface area contributed by atoms with Gasteiger partial charge in [0.1, 0.15) is 12.3 Å². The zero-order valence-corrected chi connectivity index (χ0v) is 9.31. The van der Waals surface area contributed by atoms with E-state index in [-0.39, 0.29) is 6.42 Å². The number of carbonyl (C=O) groups is 1. The Kier molecular flexibility index (Phi) is 2.83. The van der Waals surface area contributed by atoms with Gasteiger partial charge in [0, 0.05) is 11.5 Å². The van der Waals surface area contributed by atoms with Crippen molar-refractivity contribution in [3.05, 3.63) is 11.3 Å². The number of hydrogen-bond acceptors (Lipinski definition) is 3. The lowest BCUT2D eigenvalue weighted by Gasteiger charge is -2.20. The van der Waals surface area contributed by atoms with E-state index in [9.17, 15) is 26.7 Å². The van der Waals surface area contributed by atoms with Crippen LogP contribution in [0.25, 0.3) is 0 Å². The van der Waals surface area contributed by atoms with Crippen molar-refractivity contribution in [3.8, 4) is 0 Å². The van der Waals surface area contributed by atoms with Gasteiger partial charge in [-0.1, -0.05) is 0 Å². The summed E-state index contributed by atoms with van der Waals surface area (Å²) in [5, 5.41) is 17.2. The molecule has 0 heterocycles. The summed E-state index contributed by atoms with van der Waals surface area (Å²) in [6.07, 6.45) is -5.14. The standard InChI is InChI=1S/C10H9F5N2O2/c11-9(12)4-1-3(4)6(7(16)10(13,14)15)8(9)17-2-5(18)19/h3-4,16-17H,1-2H2,(H,18,19)/t3-,4+/m0/s1. The van der Waals surface area contributed by atoms with Crippen molar-refractivity contribution in [3.63, 3.8) is 0 Å². The lowest BCUT2D eigenvalue weighted by molar-refractivity contribution is -0.135. The molecule has 4 nitrogen and oxygen atoms in total. The molecule has 0 amide bonds. The maximum atomic E-state index is 13.7. The highest BCUT2D eigenvalue weighted by atomic mass is 19.4. The summed E-state index contributed by atoms with van der Waals surface area (Å²) in [5.41, 5.74) is -3.70. The molecule has 9 heteroatoms. The molecule has 0 aromatic heterocycles. The first-order chi connectivity index (χ1) is 8.56. The average molecular weight is 284 g/mol. The fraction of sp³-hybridized carbons (Fsp3) is 0.600. The van der Waals surface area contributed by atoms with E-state index < -0.39 is 53.4 Å². The van der Waals surface area contributed by atoms with Crippen LogP contribution in [-0.2, 0) is 4.79 Å². The summed E-state index contributed by atoms with van der Waals surface area (Å²) in [6, 6.07) is 0. The minimum atomic E-state index is -5.03. The Morgan fingerprint density at radius 2 is 2.05 bits per heavy atom. The predicted molar refractivity (Wildman–Crippen MR) is 53.0 cm³/mol. The van der Waals surface area contributed by atoms with Gasteiger partial charge in [0.25, 0.3) is 5.92 Å². The number of aliphatic carboxylic acids is 1. The summed E-state index contributed by atoms with van der Waals surface area (Å²) >= 11 is 0. The summed E-state index contributed by atoms with van der Waals surface area (Å²) in [6.45, 7) is -0.918. The first kappa shape index (κ1) is 13.8. The topological polar surface area (TPSA) is 73.2 Å². The van der Waals surface area contributed by atoms with Crippen LogP contribution in [0.1, 0.15) is 6.42 Å². The molecule has 1 fully saturated rings. The summed E-state index contributed by atoms with van der Waals surface area (Å²) in [5.74, 6) is -7.28. The minimum absolute atomic E-state index is 0.112. The number of carboxylic acids is 1. The van der Waals surface area contributed by atoms with E-state index in [1.807, 2.05) is 5.32 Å². The van der Waals surface area contributed by atoms with Crippen LogP contribution in [0.4, 0.5) is 22.0 Å². The Morgan fingerprint density at radius 3 is 2.53 bits per heavy atom. The maximum absolute atomic E-state index is 13.7. The van der Waals surface area contributed by atoms with Crippen LogP contribution in [0.5, 0.6) is 0 Å². The minimum Gasteiger partial charge on any atom is -0.480 e. The molecule has 106 valence electrons. The van der Waals surface area contributed by atoms with E-state index in [2.05, 4.69) is 0 Å². The molecule has 2 atom stereocenters. The van der Waals surface area contributed by atoms with Gasteiger partial charge in [-0.3, -0.25) is 10.2 Å². The normalized spacial score (nSPS) is 28.1. The van der Waals surface area contributed by atoms with Gasteiger partial charge in [-0.15, -0.1) is 0 Å². The molecule has 1 saturated carbocycles. The number of carboxylic acid groups (broad SMARTS) is 1. The third-order valence-corrected chi connectivity index (χ3v) is 3.20. The number of rotatable bonds is 4. The van der Waals surface area contributed by atoms with Crippen LogP contribution >= 0.6 is 0 Å². The van der Waals surface area contributed by atoms with Gasteiger partial charge in [-0.2, -0.15) is 22.0 Å². The van der Waals surface area contributed by atoms with Crippen molar-refractivity contribution in [2.45, 2.75) is 18.5 Å². The second kappa shape index (κ2) is 3.91. The Morgan fingerprint density at radius 1 is 1.47 bits per heavy atom. The van der Waals surface area contributed by atoms with Crippen LogP contribution in [-0.4, -0.2) is 35.4 Å². The largest absolute Gasteiger partial charge is 0.480 e. The molecular formula is C10H9F5N2O2. The van der Waals surface area contributed by atoms with E-state index in [4.69, 9.17) is 10.5 Å². The van der Waals surface area contributed by atoms with Crippen LogP contribution < -0.4 is 5.32 Å². The Balaban J connectivity index is 2.36. The van der Waals surface area contributed by atoms with E-state index in [1.54, 1.807) is 0 Å². The second-order valence-electron chi connectivity index (χ2n) is 4.48. The first-order valence-electron chi connectivity index (χ1n) is 5.31. The van der Waals surface area contributed by atoms with Crippen molar-refractivity contribution >= 4 is 11.7 Å². The molecule has 0 aromatic carbocycles. The smallest absolute Gasteiger partial charge is 0.433 e.